The molecule has 1 atom stereocenters. The summed E-state index contributed by atoms with van der Waals surface area (Å²) in [7, 11) is 1.62. The topological polar surface area (TPSA) is 41.6 Å². The molecule has 0 aromatic carbocycles. The number of carbonyl (C=O) groups is 1. The fraction of sp³-hybridized carbons (Fsp3) is 0.923. The third-order valence-electron chi connectivity index (χ3n) is 3.85. The van der Waals surface area contributed by atoms with Gasteiger partial charge in [0.1, 0.15) is 5.60 Å². The first kappa shape index (κ1) is 14.5. The lowest BCUT2D eigenvalue weighted by atomic mass is 9.98. The normalized spacial score (nSPS) is 21.3. The van der Waals surface area contributed by atoms with Crippen molar-refractivity contribution in [3.63, 3.8) is 0 Å². The zero-order valence-corrected chi connectivity index (χ0v) is 11.6. The highest BCUT2D eigenvalue weighted by atomic mass is 16.5. The molecule has 1 heterocycles. The number of nitrogens with zero attached hydrogens (tertiary/aromatic N) is 1. The summed E-state index contributed by atoms with van der Waals surface area (Å²) in [5.41, 5.74) is -0.648. The highest BCUT2D eigenvalue weighted by molar-refractivity contribution is 5.84. The van der Waals surface area contributed by atoms with Gasteiger partial charge < -0.3 is 15.0 Å². The third-order valence-corrected chi connectivity index (χ3v) is 3.85. The lowest BCUT2D eigenvalue weighted by Gasteiger charge is -2.37. The number of nitrogens with one attached hydrogen (secondary N) is 1. The van der Waals surface area contributed by atoms with Crippen LogP contribution in [0.25, 0.3) is 0 Å². The van der Waals surface area contributed by atoms with E-state index in [0.717, 1.165) is 38.9 Å². The lowest BCUT2D eigenvalue weighted by molar-refractivity contribution is -0.154. The Morgan fingerprint density at radius 3 is 2.41 bits per heavy atom. The van der Waals surface area contributed by atoms with Gasteiger partial charge in [-0.3, -0.25) is 4.79 Å². The Morgan fingerprint density at radius 2 is 2.00 bits per heavy atom. The van der Waals surface area contributed by atoms with E-state index in [-0.39, 0.29) is 5.91 Å². The Kier molecular flexibility index (Phi) is 5.40. The van der Waals surface area contributed by atoms with E-state index in [1.165, 1.54) is 0 Å². The van der Waals surface area contributed by atoms with Crippen molar-refractivity contribution < 1.29 is 9.53 Å². The number of likely N-dealkylation sites (tertiary alicyclic amines) is 1. The molecule has 1 unspecified atom stereocenters. The van der Waals surface area contributed by atoms with Crippen molar-refractivity contribution in [1.82, 2.24) is 10.2 Å². The van der Waals surface area contributed by atoms with Crippen LogP contribution in [0.5, 0.6) is 0 Å². The summed E-state index contributed by atoms with van der Waals surface area (Å²) >= 11 is 0. The van der Waals surface area contributed by atoms with E-state index >= 15 is 0 Å². The number of amides is 1. The molecule has 100 valence electrons. The number of hydrogen-bond acceptors (Lipinski definition) is 3. The maximum atomic E-state index is 12.3. The fourth-order valence-electron chi connectivity index (χ4n) is 2.29. The highest BCUT2D eigenvalue weighted by Gasteiger charge is 2.36. The van der Waals surface area contributed by atoms with Crippen molar-refractivity contribution in [1.29, 1.82) is 0 Å². The van der Waals surface area contributed by atoms with Crippen molar-refractivity contribution in [3.05, 3.63) is 0 Å². The van der Waals surface area contributed by atoms with E-state index in [9.17, 15) is 4.79 Å². The van der Waals surface area contributed by atoms with E-state index in [4.69, 9.17) is 4.74 Å². The van der Waals surface area contributed by atoms with Crippen LogP contribution in [-0.4, -0.2) is 49.2 Å². The van der Waals surface area contributed by atoms with Gasteiger partial charge in [-0.25, -0.2) is 0 Å². The number of carbonyl (C=O) groups excluding carboxylic acids is 1. The minimum Gasteiger partial charge on any atom is -0.369 e. The third kappa shape index (κ3) is 3.42. The molecular formula is C13H26N2O2. The molecule has 1 rings (SSSR count). The molecule has 1 fully saturated rings. The van der Waals surface area contributed by atoms with Crippen molar-refractivity contribution in [2.45, 2.75) is 51.7 Å². The van der Waals surface area contributed by atoms with Gasteiger partial charge in [0.05, 0.1) is 0 Å². The summed E-state index contributed by atoms with van der Waals surface area (Å²) in [5.74, 6) is 0.137. The van der Waals surface area contributed by atoms with Crippen molar-refractivity contribution in [3.8, 4) is 0 Å². The molecule has 0 bridgehead atoms. The number of hydrogen-bond donors (Lipinski definition) is 1. The molecule has 1 N–H and O–H groups in total. The Hall–Kier alpha value is -0.610. The van der Waals surface area contributed by atoms with Gasteiger partial charge in [0.15, 0.2) is 0 Å². The summed E-state index contributed by atoms with van der Waals surface area (Å²) in [6, 6.07) is 0.569. The van der Waals surface area contributed by atoms with Gasteiger partial charge in [-0.15, -0.1) is 0 Å². The van der Waals surface area contributed by atoms with E-state index < -0.39 is 5.60 Å². The fourth-order valence-corrected chi connectivity index (χ4v) is 2.29. The SMILES string of the molecule is CCNC1CCN(C(=O)C(C)(CC)OC)CC1. The summed E-state index contributed by atoms with van der Waals surface area (Å²) in [5, 5.41) is 3.44. The van der Waals surface area contributed by atoms with Crippen molar-refractivity contribution in [2.75, 3.05) is 26.7 Å². The molecule has 1 aliphatic rings. The molecule has 17 heavy (non-hydrogen) atoms. The van der Waals surface area contributed by atoms with Crippen LogP contribution in [0.2, 0.25) is 0 Å². The summed E-state index contributed by atoms with van der Waals surface area (Å²) in [4.78, 5) is 14.3. The maximum absolute atomic E-state index is 12.3. The van der Waals surface area contributed by atoms with E-state index in [0.29, 0.717) is 6.04 Å². The van der Waals surface area contributed by atoms with Crippen LogP contribution in [0.4, 0.5) is 0 Å². The average molecular weight is 242 g/mol. The van der Waals surface area contributed by atoms with Gasteiger partial charge in [-0.1, -0.05) is 13.8 Å². The second kappa shape index (κ2) is 6.36. The van der Waals surface area contributed by atoms with E-state index in [1.54, 1.807) is 7.11 Å². The van der Waals surface area contributed by atoms with Crippen LogP contribution in [0.3, 0.4) is 0 Å². The van der Waals surface area contributed by atoms with Crippen LogP contribution in [-0.2, 0) is 9.53 Å². The Balaban J connectivity index is 2.51. The van der Waals surface area contributed by atoms with E-state index in [1.807, 2.05) is 18.7 Å². The van der Waals surface area contributed by atoms with Gasteiger partial charge in [0.2, 0.25) is 0 Å². The van der Waals surface area contributed by atoms with Gasteiger partial charge in [0, 0.05) is 26.2 Å². The van der Waals surface area contributed by atoms with E-state index in [2.05, 4.69) is 12.2 Å². The summed E-state index contributed by atoms with van der Waals surface area (Å²) in [6.07, 6.45) is 2.81. The predicted molar refractivity (Wildman–Crippen MR) is 69.0 cm³/mol. The minimum atomic E-state index is -0.648. The molecule has 4 nitrogen and oxygen atoms in total. The standard InChI is InChI=1S/C13H26N2O2/c1-5-13(3,17-4)12(16)15-9-7-11(8-10-15)14-6-2/h11,14H,5-10H2,1-4H3. The number of ether oxygens (including phenoxy) is 1. The second-order valence-corrected chi connectivity index (χ2v) is 4.91. The zero-order chi connectivity index (χ0) is 12.9. The first-order valence-corrected chi connectivity index (χ1v) is 6.65. The highest BCUT2D eigenvalue weighted by Crippen LogP contribution is 2.20. The van der Waals surface area contributed by atoms with Crippen molar-refractivity contribution >= 4 is 5.91 Å². The molecule has 4 heteroatoms. The first-order chi connectivity index (χ1) is 8.07. The largest absolute Gasteiger partial charge is 0.369 e. The quantitative estimate of drug-likeness (QED) is 0.792. The number of rotatable bonds is 5. The van der Waals surface area contributed by atoms with Gasteiger partial charge in [-0.05, 0) is 32.7 Å². The molecule has 1 saturated heterocycles. The maximum Gasteiger partial charge on any atom is 0.254 e. The van der Waals surface area contributed by atoms with Gasteiger partial charge >= 0.3 is 0 Å². The summed E-state index contributed by atoms with van der Waals surface area (Å²) in [6.45, 7) is 8.68. The monoisotopic (exact) mass is 242 g/mol. The lowest BCUT2D eigenvalue weighted by Crippen LogP contribution is -2.52. The molecule has 0 aromatic heterocycles. The Labute approximate surface area is 105 Å². The van der Waals surface area contributed by atoms with Crippen LogP contribution >= 0.6 is 0 Å². The molecule has 0 aromatic rings. The second-order valence-electron chi connectivity index (χ2n) is 4.91. The molecule has 0 aliphatic carbocycles. The molecule has 1 amide bonds. The minimum absolute atomic E-state index is 0.137. The van der Waals surface area contributed by atoms with Crippen LogP contribution in [0, 0.1) is 0 Å². The molecule has 1 aliphatic heterocycles. The predicted octanol–water partition coefficient (Wildman–Crippen LogP) is 1.40. The Bertz CT molecular complexity index is 244. The van der Waals surface area contributed by atoms with Crippen molar-refractivity contribution in [2.24, 2.45) is 0 Å². The number of methoxy groups -OCH3 is 1. The van der Waals surface area contributed by atoms with Crippen LogP contribution < -0.4 is 5.32 Å². The molecule has 0 saturated carbocycles. The summed E-state index contributed by atoms with van der Waals surface area (Å²) < 4.78 is 5.37. The zero-order valence-electron chi connectivity index (χ0n) is 11.6. The smallest absolute Gasteiger partial charge is 0.254 e. The van der Waals surface area contributed by atoms with Gasteiger partial charge in [0.25, 0.3) is 5.91 Å². The molecule has 0 radical (unpaired) electrons. The average Bonchev–Trinajstić information content (AvgIpc) is 2.38. The van der Waals surface area contributed by atoms with Gasteiger partial charge in [-0.2, -0.15) is 0 Å². The molecule has 0 spiro atoms. The number of piperidine rings is 1. The molecular weight excluding hydrogens is 216 g/mol. The first-order valence-electron chi connectivity index (χ1n) is 6.65. The van der Waals surface area contributed by atoms with Crippen LogP contribution in [0.15, 0.2) is 0 Å². The Morgan fingerprint density at radius 1 is 1.41 bits per heavy atom. The van der Waals surface area contributed by atoms with Crippen LogP contribution in [0.1, 0.15) is 40.0 Å².